The van der Waals surface area contributed by atoms with E-state index in [1.807, 2.05) is 18.2 Å². The number of nitriles is 1. The normalized spacial score (nSPS) is 25.8. The molecule has 0 bridgehead atoms. The minimum absolute atomic E-state index is 0. The summed E-state index contributed by atoms with van der Waals surface area (Å²) in [5.41, 5.74) is 0.277. The molecular weight excluding hydrogens is 325 g/mol. The Morgan fingerprint density at radius 2 is 1.85 bits per heavy atom. The van der Waals surface area contributed by atoms with Gasteiger partial charge in [0, 0.05) is 0 Å². The van der Waals surface area contributed by atoms with E-state index in [0.29, 0.717) is 37.2 Å². The van der Waals surface area contributed by atoms with Crippen LogP contribution in [0.5, 0.6) is 11.5 Å². The van der Waals surface area contributed by atoms with Crippen molar-refractivity contribution in [3.63, 3.8) is 0 Å². The van der Waals surface area contributed by atoms with Crippen molar-refractivity contribution in [2.75, 3.05) is 7.11 Å². The third kappa shape index (κ3) is 4.19. The number of nitrogens with zero attached hydrogens (tertiary/aromatic N) is 1. The minimum atomic E-state index is -0.758. The first kappa shape index (κ1) is 20.7. The number of methoxy groups -OCH3 is 1. The van der Waals surface area contributed by atoms with Crippen LogP contribution in [0.4, 0.5) is 0 Å². The molecule has 2 aliphatic rings. The summed E-state index contributed by atoms with van der Waals surface area (Å²) in [4.78, 5) is 11.2. The zero-order chi connectivity index (χ0) is 17.9. The van der Waals surface area contributed by atoms with E-state index >= 15 is 0 Å². The van der Waals surface area contributed by atoms with Gasteiger partial charge in [-0.05, 0) is 69.1 Å². The molecule has 1 aromatic rings. The van der Waals surface area contributed by atoms with Crippen molar-refractivity contribution in [3.8, 4) is 17.6 Å². The predicted molar refractivity (Wildman–Crippen MR) is 99.9 cm³/mol. The van der Waals surface area contributed by atoms with Gasteiger partial charge in [-0.25, -0.2) is 0 Å². The Morgan fingerprint density at radius 1 is 1.19 bits per heavy atom. The second-order valence-corrected chi connectivity index (χ2v) is 7.20. The molecule has 0 aromatic heterocycles. The van der Waals surface area contributed by atoms with Crippen LogP contribution in [-0.4, -0.2) is 43.2 Å². The summed E-state index contributed by atoms with van der Waals surface area (Å²) in [6.07, 6.45) is 6.89. The van der Waals surface area contributed by atoms with Crippen LogP contribution < -0.4 is 9.47 Å². The van der Waals surface area contributed by atoms with E-state index < -0.39 is 11.4 Å². The Balaban J connectivity index is 0.00000243. The maximum absolute atomic E-state index is 11.2. The first-order chi connectivity index (χ1) is 12.1. The van der Waals surface area contributed by atoms with E-state index in [1.165, 1.54) is 12.8 Å². The van der Waals surface area contributed by atoms with Crippen molar-refractivity contribution in [2.24, 2.45) is 5.92 Å². The fraction of sp³-hybridized carbons (Fsp3) is 0.600. The van der Waals surface area contributed by atoms with E-state index in [1.54, 1.807) is 7.11 Å². The number of ether oxygens (including phenoxy) is 2. The summed E-state index contributed by atoms with van der Waals surface area (Å²) < 4.78 is 11.6. The Bertz CT molecular complexity index is 671. The molecule has 3 rings (SSSR count). The average molecular weight is 351 g/mol. The first-order valence-electron chi connectivity index (χ1n) is 9.07. The van der Waals surface area contributed by atoms with Gasteiger partial charge in [0.2, 0.25) is 0 Å². The molecule has 2 saturated carbocycles. The fourth-order valence-electron chi connectivity index (χ4n) is 4.07. The van der Waals surface area contributed by atoms with E-state index in [4.69, 9.17) is 9.47 Å². The van der Waals surface area contributed by atoms with Crippen LogP contribution in [0.25, 0.3) is 0 Å². The van der Waals surface area contributed by atoms with Gasteiger partial charge in [-0.3, -0.25) is 4.79 Å². The van der Waals surface area contributed by atoms with Crippen molar-refractivity contribution in [1.82, 2.24) is 0 Å². The standard InChI is InChI=1S/C20H25NO4.Li.H/c1-24-17-7-6-15(12-18(17)25-16-4-2-3-5-16)20(13-21)10-8-14(9-11-20)19(22)23;;/h6-7,12,14,16H,2-5,8-11H2,1H3,(H,22,23);;. The predicted octanol–water partition coefficient (Wildman–Crippen LogP) is 3.40. The van der Waals surface area contributed by atoms with Gasteiger partial charge in [-0.15, -0.1) is 0 Å². The molecule has 0 heterocycles. The summed E-state index contributed by atoms with van der Waals surface area (Å²) in [6.45, 7) is 0. The van der Waals surface area contributed by atoms with Crippen LogP contribution >= 0.6 is 0 Å². The van der Waals surface area contributed by atoms with E-state index in [-0.39, 0.29) is 30.9 Å². The summed E-state index contributed by atoms with van der Waals surface area (Å²) in [5.74, 6) is 0.283. The number of aliphatic carboxylic acids is 1. The zero-order valence-corrected chi connectivity index (χ0v) is 14.7. The first-order valence-corrected chi connectivity index (χ1v) is 9.07. The van der Waals surface area contributed by atoms with E-state index in [2.05, 4.69) is 6.07 Å². The fourth-order valence-corrected chi connectivity index (χ4v) is 4.07. The van der Waals surface area contributed by atoms with Gasteiger partial charge in [0.25, 0.3) is 0 Å². The second-order valence-electron chi connectivity index (χ2n) is 7.20. The number of carboxylic acids is 1. The van der Waals surface area contributed by atoms with Crippen LogP contribution in [0, 0.1) is 17.2 Å². The van der Waals surface area contributed by atoms with Crippen LogP contribution in [0.1, 0.15) is 56.9 Å². The molecule has 1 N–H and O–H groups in total. The molecule has 26 heavy (non-hydrogen) atoms. The quantitative estimate of drug-likeness (QED) is 0.823. The van der Waals surface area contributed by atoms with Crippen molar-refractivity contribution in [2.45, 2.75) is 62.9 Å². The molecule has 1 aromatic carbocycles. The molecule has 0 unspecified atom stereocenters. The number of rotatable bonds is 5. The SMILES string of the molecule is COc1ccc(C2(C#N)CCC(C(=O)O)CC2)cc1OC1CCCC1.[LiH]. The Kier molecular flexibility index (Phi) is 7.04. The topological polar surface area (TPSA) is 79.5 Å². The summed E-state index contributed by atoms with van der Waals surface area (Å²) in [5, 5.41) is 19.1. The molecule has 2 fully saturated rings. The molecule has 0 aliphatic heterocycles. The van der Waals surface area contributed by atoms with E-state index in [0.717, 1.165) is 18.4 Å². The van der Waals surface area contributed by atoms with Gasteiger partial charge in [-0.2, -0.15) is 5.26 Å². The Labute approximate surface area is 166 Å². The summed E-state index contributed by atoms with van der Waals surface area (Å²) >= 11 is 0. The summed E-state index contributed by atoms with van der Waals surface area (Å²) in [6, 6.07) is 8.18. The molecule has 0 radical (unpaired) electrons. The number of carboxylic acid groups (broad SMARTS) is 1. The van der Waals surface area contributed by atoms with Crippen LogP contribution in [-0.2, 0) is 10.2 Å². The van der Waals surface area contributed by atoms with Gasteiger partial charge < -0.3 is 14.6 Å². The second kappa shape index (κ2) is 8.85. The van der Waals surface area contributed by atoms with Gasteiger partial charge in [0.1, 0.15) is 0 Å². The van der Waals surface area contributed by atoms with Crippen molar-refractivity contribution < 1.29 is 19.4 Å². The molecule has 5 nitrogen and oxygen atoms in total. The maximum atomic E-state index is 11.2. The Hall–Kier alpha value is -1.62. The Morgan fingerprint density at radius 3 is 2.38 bits per heavy atom. The summed E-state index contributed by atoms with van der Waals surface area (Å²) in [7, 11) is 1.62. The molecule has 0 atom stereocenters. The molecule has 136 valence electrons. The molecule has 6 heteroatoms. The number of hydrogen-bond acceptors (Lipinski definition) is 4. The van der Waals surface area contributed by atoms with Gasteiger partial charge in [0.05, 0.1) is 30.6 Å². The van der Waals surface area contributed by atoms with Crippen LogP contribution in [0.15, 0.2) is 18.2 Å². The van der Waals surface area contributed by atoms with Gasteiger partial charge >= 0.3 is 24.8 Å². The van der Waals surface area contributed by atoms with Gasteiger partial charge in [0.15, 0.2) is 11.5 Å². The third-order valence-corrected chi connectivity index (χ3v) is 5.71. The molecule has 0 spiro atoms. The van der Waals surface area contributed by atoms with Gasteiger partial charge in [-0.1, -0.05) is 6.07 Å². The zero-order valence-electron chi connectivity index (χ0n) is 14.7. The van der Waals surface area contributed by atoms with Crippen molar-refractivity contribution in [3.05, 3.63) is 23.8 Å². The average Bonchev–Trinajstić information content (AvgIpc) is 3.14. The number of benzene rings is 1. The van der Waals surface area contributed by atoms with Crippen molar-refractivity contribution >= 4 is 24.8 Å². The number of carbonyl (C=O) groups is 1. The monoisotopic (exact) mass is 351 g/mol. The third-order valence-electron chi connectivity index (χ3n) is 5.71. The number of hydrogen-bond donors (Lipinski definition) is 1. The van der Waals surface area contributed by atoms with Crippen molar-refractivity contribution in [1.29, 1.82) is 5.26 Å². The molecule has 0 saturated heterocycles. The van der Waals surface area contributed by atoms with E-state index in [9.17, 15) is 15.2 Å². The molecule has 2 aliphatic carbocycles. The molecular formula is C20H26LiNO4. The van der Waals surface area contributed by atoms with Crippen LogP contribution in [0.2, 0.25) is 0 Å². The van der Waals surface area contributed by atoms with Crippen LogP contribution in [0.3, 0.4) is 0 Å². The molecule has 0 amide bonds.